The molecule has 3 nitrogen and oxygen atoms in total. The van der Waals surface area contributed by atoms with Gasteiger partial charge >= 0.3 is 0 Å². The van der Waals surface area contributed by atoms with Gasteiger partial charge in [-0.3, -0.25) is 0 Å². The van der Waals surface area contributed by atoms with Crippen LogP contribution in [0.2, 0.25) is 0 Å². The van der Waals surface area contributed by atoms with Crippen LogP contribution in [0.1, 0.15) is 18.9 Å². The normalized spacial score (nSPS) is 10.7. The summed E-state index contributed by atoms with van der Waals surface area (Å²) in [4.78, 5) is 0. The molecule has 1 aromatic heterocycles. The molecule has 1 heterocycles. The summed E-state index contributed by atoms with van der Waals surface area (Å²) in [5, 5.41) is 0. The highest BCUT2D eigenvalue weighted by Gasteiger charge is 2.00. The van der Waals surface area contributed by atoms with Crippen molar-refractivity contribution in [2.45, 2.75) is 33.0 Å². The summed E-state index contributed by atoms with van der Waals surface area (Å²) in [5.74, 6) is 0. The summed E-state index contributed by atoms with van der Waals surface area (Å²) in [5.41, 5.74) is 1.38. The van der Waals surface area contributed by atoms with Gasteiger partial charge in [-0.1, -0.05) is 30.3 Å². The predicted molar refractivity (Wildman–Crippen MR) is 71.0 cm³/mol. The second-order valence-electron chi connectivity index (χ2n) is 4.38. The number of imidazole rings is 1. The van der Waals surface area contributed by atoms with Gasteiger partial charge < -0.3 is 4.74 Å². The molecule has 0 fully saturated rings. The van der Waals surface area contributed by atoms with Gasteiger partial charge in [-0.05, 0) is 25.3 Å². The third-order valence-electron chi connectivity index (χ3n) is 2.95. The van der Waals surface area contributed by atoms with Crippen molar-refractivity contribution < 1.29 is 9.30 Å². The second-order valence-corrected chi connectivity index (χ2v) is 4.38. The van der Waals surface area contributed by atoms with Crippen LogP contribution in [-0.2, 0) is 24.4 Å². The Morgan fingerprint density at radius 2 is 2.06 bits per heavy atom. The standard InChI is InChI=1S/C15H21N2O/c1-2-16-10-11-17(13-16)14-18-12-6-9-15-7-4-3-5-8-15/h3-5,7-8,10-11,13H,2,6,9,12,14H2,1H3/q+1. The van der Waals surface area contributed by atoms with Crippen molar-refractivity contribution in [3.05, 3.63) is 54.6 Å². The molecule has 0 aliphatic rings. The smallest absolute Gasteiger partial charge is 0.245 e. The number of nitrogens with zero attached hydrogens (tertiary/aromatic N) is 2. The van der Waals surface area contributed by atoms with E-state index >= 15 is 0 Å². The second kappa shape index (κ2) is 6.97. The maximum atomic E-state index is 5.65. The van der Waals surface area contributed by atoms with Gasteiger partial charge in [0.05, 0.1) is 13.2 Å². The SMILES string of the molecule is CCn1cc[n+](COCCCc2ccccc2)c1. The lowest BCUT2D eigenvalue weighted by Gasteiger charge is -2.02. The summed E-state index contributed by atoms with van der Waals surface area (Å²) in [6.45, 7) is 4.58. The van der Waals surface area contributed by atoms with E-state index in [1.54, 1.807) is 0 Å². The Hall–Kier alpha value is -1.61. The Kier molecular flexibility index (Phi) is 4.97. The van der Waals surface area contributed by atoms with E-state index in [1.807, 2.05) is 6.20 Å². The molecule has 1 aromatic carbocycles. The number of benzene rings is 1. The number of aromatic nitrogens is 2. The zero-order chi connectivity index (χ0) is 12.6. The van der Waals surface area contributed by atoms with Crippen LogP contribution in [0.5, 0.6) is 0 Å². The molecule has 0 radical (unpaired) electrons. The van der Waals surface area contributed by atoms with Crippen LogP contribution in [0.15, 0.2) is 49.1 Å². The van der Waals surface area contributed by atoms with E-state index in [0.29, 0.717) is 6.73 Å². The lowest BCUT2D eigenvalue weighted by Crippen LogP contribution is -2.32. The fraction of sp³-hybridized carbons (Fsp3) is 0.400. The first-order valence-electron chi connectivity index (χ1n) is 6.55. The highest BCUT2D eigenvalue weighted by Crippen LogP contribution is 2.02. The van der Waals surface area contributed by atoms with Crippen LogP contribution in [0, 0.1) is 0 Å². The third kappa shape index (κ3) is 4.00. The molecule has 2 rings (SSSR count). The zero-order valence-electron chi connectivity index (χ0n) is 11.0. The average Bonchev–Trinajstić information content (AvgIpc) is 2.87. The molecule has 96 valence electrons. The summed E-state index contributed by atoms with van der Waals surface area (Å²) >= 11 is 0. The largest absolute Gasteiger partial charge is 0.342 e. The molecule has 0 saturated heterocycles. The van der Waals surface area contributed by atoms with E-state index in [1.165, 1.54) is 5.56 Å². The lowest BCUT2D eigenvalue weighted by molar-refractivity contribution is -0.732. The maximum absolute atomic E-state index is 5.65. The molecule has 2 aromatic rings. The molecule has 18 heavy (non-hydrogen) atoms. The minimum Gasteiger partial charge on any atom is -0.342 e. The zero-order valence-corrected chi connectivity index (χ0v) is 11.0. The first-order valence-corrected chi connectivity index (χ1v) is 6.55. The average molecular weight is 245 g/mol. The summed E-state index contributed by atoms with van der Waals surface area (Å²) in [6, 6.07) is 10.5. The van der Waals surface area contributed by atoms with Gasteiger partial charge in [0.2, 0.25) is 6.33 Å². The number of hydrogen-bond acceptors (Lipinski definition) is 1. The fourth-order valence-electron chi connectivity index (χ4n) is 1.90. The van der Waals surface area contributed by atoms with E-state index in [2.05, 4.69) is 58.9 Å². The Morgan fingerprint density at radius 1 is 1.22 bits per heavy atom. The molecule has 0 unspecified atom stereocenters. The summed E-state index contributed by atoms with van der Waals surface area (Å²) in [6.07, 6.45) is 8.33. The van der Waals surface area contributed by atoms with Gasteiger partial charge in [0, 0.05) is 0 Å². The monoisotopic (exact) mass is 245 g/mol. The van der Waals surface area contributed by atoms with Crippen LogP contribution in [0.3, 0.4) is 0 Å². The van der Waals surface area contributed by atoms with Crippen molar-refractivity contribution in [3.63, 3.8) is 0 Å². The highest BCUT2D eigenvalue weighted by atomic mass is 16.5. The first-order chi connectivity index (χ1) is 8.88. The van der Waals surface area contributed by atoms with Crippen molar-refractivity contribution >= 4 is 0 Å². The van der Waals surface area contributed by atoms with Crippen LogP contribution in [0.4, 0.5) is 0 Å². The fourth-order valence-corrected chi connectivity index (χ4v) is 1.90. The molecular weight excluding hydrogens is 224 g/mol. The number of ether oxygens (including phenoxy) is 1. The quantitative estimate of drug-likeness (QED) is 0.541. The van der Waals surface area contributed by atoms with Crippen LogP contribution in [0.25, 0.3) is 0 Å². The van der Waals surface area contributed by atoms with E-state index in [-0.39, 0.29) is 0 Å². The van der Waals surface area contributed by atoms with Crippen LogP contribution >= 0.6 is 0 Å². The molecule has 3 heteroatoms. The Balaban J connectivity index is 1.61. The minimum absolute atomic E-state index is 0.641. The van der Waals surface area contributed by atoms with E-state index in [0.717, 1.165) is 26.0 Å². The minimum atomic E-state index is 0.641. The molecule has 0 atom stereocenters. The van der Waals surface area contributed by atoms with Crippen molar-refractivity contribution in [3.8, 4) is 0 Å². The van der Waals surface area contributed by atoms with E-state index < -0.39 is 0 Å². The van der Waals surface area contributed by atoms with Crippen LogP contribution in [-0.4, -0.2) is 11.2 Å². The van der Waals surface area contributed by atoms with E-state index in [4.69, 9.17) is 4.74 Å². The molecule has 0 spiro atoms. The molecule has 0 N–H and O–H groups in total. The van der Waals surface area contributed by atoms with Gasteiger partial charge in [-0.15, -0.1) is 0 Å². The molecule has 0 saturated carbocycles. The maximum Gasteiger partial charge on any atom is 0.245 e. The molecule has 0 aliphatic carbocycles. The number of aryl methyl sites for hydroxylation is 2. The molecule has 0 aliphatic heterocycles. The lowest BCUT2D eigenvalue weighted by atomic mass is 10.1. The third-order valence-corrected chi connectivity index (χ3v) is 2.95. The Labute approximate surface area is 109 Å². The van der Waals surface area contributed by atoms with Crippen LogP contribution < -0.4 is 4.57 Å². The van der Waals surface area contributed by atoms with Gasteiger partial charge in [0.1, 0.15) is 12.4 Å². The summed E-state index contributed by atoms with van der Waals surface area (Å²) in [7, 11) is 0. The Morgan fingerprint density at radius 3 is 2.78 bits per heavy atom. The first kappa shape index (κ1) is 12.8. The molecular formula is C15H21N2O+. The van der Waals surface area contributed by atoms with Crippen molar-refractivity contribution in [2.24, 2.45) is 0 Å². The van der Waals surface area contributed by atoms with Gasteiger partial charge in [0.15, 0.2) is 6.73 Å². The van der Waals surface area contributed by atoms with Gasteiger partial charge in [-0.2, -0.15) is 0 Å². The number of hydrogen-bond donors (Lipinski definition) is 0. The van der Waals surface area contributed by atoms with Crippen molar-refractivity contribution in [1.82, 2.24) is 4.57 Å². The topological polar surface area (TPSA) is 18.0 Å². The van der Waals surface area contributed by atoms with Crippen molar-refractivity contribution in [1.29, 1.82) is 0 Å². The number of rotatable bonds is 7. The predicted octanol–water partition coefficient (Wildman–Crippen LogP) is 2.40. The molecule has 0 amide bonds. The van der Waals surface area contributed by atoms with Gasteiger partial charge in [-0.25, -0.2) is 9.13 Å². The van der Waals surface area contributed by atoms with Gasteiger partial charge in [0.25, 0.3) is 0 Å². The summed E-state index contributed by atoms with van der Waals surface area (Å²) < 4.78 is 9.84. The Bertz CT molecular complexity index is 451. The highest BCUT2D eigenvalue weighted by molar-refractivity contribution is 5.14. The van der Waals surface area contributed by atoms with Crippen molar-refractivity contribution in [2.75, 3.05) is 6.61 Å². The van der Waals surface area contributed by atoms with E-state index in [9.17, 15) is 0 Å². The molecule has 0 bridgehead atoms.